The predicted octanol–water partition coefficient (Wildman–Crippen LogP) is 5.63. The summed E-state index contributed by atoms with van der Waals surface area (Å²) in [6.45, 7) is 0. The lowest BCUT2D eigenvalue weighted by Crippen LogP contribution is -2.33. The summed E-state index contributed by atoms with van der Waals surface area (Å²) in [7, 11) is 0. The van der Waals surface area contributed by atoms with Crippen molar-refractivity contribution in [2.24, 2.45) is 5.10 Å². The SMILES string of the molecule is Clc1ccc2c(c1)C1CC(c3ccncc3)=NN1C(c1ccccc1Cl)O2. The molecule has 0 fully saturated rings. The van der Waals surface area contributed by atoms with Crippen LogP contribution in [0.1, 0.15) is 35.4 Å². The van der Waals surface area contributed by atoms with Crippen LogP contribution in [-0.2, 0) is 0 Å². The molecule has 1 aromatic heterocycles. The van der Waals surface area contributed by atoms with E-state index in [1.165, 1.54) is 0 Å². The summed E-state index contributed by atoms with van der Waals surface area (Å²) in [5.74, 6) is 0.816. The molecule has 0 N–H and O–H groups in total. The molecule has 2 aliphatic rings. The van der Waals surface area contributed by atoms with E-state index in [1.807, 2.05) is 59.6 Å². The van der Waals surface area contributed by atoms with Gasteiger partial charge < -0.3 is 4.74 Å². The minimum absolute atomic E-state index is 0.0388. The summed E-state index contributed by atoms with van der Waals surface area (Å²) in [6, 6.07) is 17.4. The number of hydrogen-bond donors (Lipinski definition) is 0. The molecule has 2 atom stereocenters. The largest absolute Gasteiger partial charge is 0.464 e. The van der Waals surface area contributed by atoms with Crippen LogP contribution < -0.4 is 4.74 Å². The van der Waals surface area contributed by atoms with Crippen LogP contribution in [0.3, 0.4) is 0 Å². The highest BCUT2D eigenvalue weighted by Crippen LogP contribution is 2.48. The molecule has 0 radical (unpaired) electrons. The Morgan fingerprint density at radius 1 is 0.963 bits per heavy atom. The average Bonchev–Trinajstić information content (AvgIpc) is 3.15. The Bertz CT molecular complexity index is 1040. The van der Waals surface area contributed by atoms with E-state index >= 15 is 0 Å². The number of halogens is 2. The molecule has 0 saturated carbocycles. The smallest absolute Gasteiger partial charge is 0.215 e. The fourth-order valence-corrected chi connectivity index (χ4v) is 4.07. The van der Waals surface area contributed by atoms with Crippen LogP contribution in [0.5, 0.6) is 5.75 Å². The second-order valence-corrected chi connectivity index (χ2v) is 7.40. The lowest BCUT2D eigenvalue weighted by atomic mass is 9.96. The molecule has 2 aromatic carbocycles. The average molecular weight is 396 g/mol. The molecule has 2 aliphatic heterocycles. The molecule has 6 heteroatoms. The number of hydrogen-bond acceptors (Lipinski definition) is 4. The van der Waals surface area contributed by atoms with E-state index in [9.17, 15) is 0 Å². The number of fused-ring (bicyclic) bond motifs is 3. The summed E-state index contributed by atoms with van der Waals surface area (Å²) < 4.78 is 6.32. The monoisotopic (exact) mass is 395 g/mol. The van der Waals surface area contributed by atoms with Crippen molar-refractivity contribution in [3.63, 3.8) is 0 Å². The molecule has 2 unspecified atom stereocenters. The van der Waals surface area contributed by atoms with Gasteiger partial charge in [-0.2, -0.15) is 5.10 Å². The molecule has 4 nitrogen and oxygen atoms in total. The van der Waals surface area contributed by atoms with Crippen LogP contribution in [0, 0.1) is 0 Å². The number of hydrazone groups is 1. The minimum atomic E-state index is -0.392. The maximum atomic E-state index is 6.47. The second kappa shape index (κ2) is 6.55. The number of benzene rings is 2. The van der Waals surface area contributed by atoms with E-state index in [2.05, 4.69) is 4.98 Å². The molecule has 0 aliphatic carbocycles. The topological polar surface area (TPSA) is 37.7 Å². The summed E-state index contributed by atoms with van der Waals surface area (Å²) >= 11 is 12.7. The minimum Gasteiger partial charge on any atom is -0.464 e. The van der Waals surface area contributed by atoms with Crippen molar-refractivity contribution in [3.05, 3.63) is 93.7 Å². The van der Waals surface area contributed by atoms with E-state index < -0.39 is 6.23 Å². The zero-order valence-electron chi connectivity index (χ0n) is 14.2. The van der Waals surface area contributed by atoms with Crippen LogP contribution in [-0.4, -0.2) is 15.7 Å². The molecule has 3 heterocycles. The lowest BCUT2D eigenvalue weighted by Gasteiger charge is -2.38. The molecular weight excluding hydrogens is 381 g/mol. The zero-order valence-corrected chi connectivity index (χ0v) is 15.7. The van der Waals surface area contributed by atoms with Gasteiger partial charge in [-0.3, -0.25) is 4.98 Å². The van der Waals surface area contributed by atoms with Crippen LogP contribution in [0.4, 0.5) is 0 Å². The number of aromatic nitrogens is 1. The van der Waals surface area contributed by atoms with Gasteiger partial charge >= 0.3 is 0 Å². The van der Waals surface area contributed by atoms with Crippen molar-refractivity contribution in [2.45, 2.75) is 18.7 Å². The van der Waals surface area contributed by atoms with Crippen LogP contribution in [0.2, 0.25) is 10.0 Å². The maximum absolute atomic E-state index is 6.47. The highest BCUT2D eigenvalue weighted by atomic mass is 35.5. The van der Waals surface area contributed by atoms with Gasteiger partial charge in [0.2, 0.25) is 6.23 Å². The van der Waals surface area contributed by atoms with Gasteiger partial charge in [-0.1, -0.05) is 41.4 Å². The molecule has 27 heavy (non-hydrogen) atoms. The first-order chi connectivity index (χ1) is 13.2. The Kier molecular flexibility index (Phi) is 4.03. The molecule has 134 valence electrons. The molecule has 3 aromatic rings. The molecular formula is C21H15Cl2N3O. The van der Waals surface area contributed by atoms with E-state index in [0.29, 0.717) is 10.0 Å². The van der Waals surface area contributed by atoms with E-state index in [0.717, 1.165) is 34.6 Å². The Morgan fingerprint density at radius 3 is 2.59 bits per heavy atom. The Morgan fingerprint density at radius 2 is 1.78 bits per heavy atom. The number of pyridine rings is 1. The third-order valence-corrected chi connectivity index (χ3v) is 5.52. The zero-order chi connectivity index (χ0) is 18.4. The van der Waals surface area contributed by atoms with Gasteiger partial charge in [-0.05, 0) is 36.4 Å². The summed E-state index contributed by atoms with van der Waals surface area (Å²) in [5, 5.41) is 8.24. The third kappa shape index (κ3) is 2.85. The first-order valence-corrected chi connectivity index (χ1v) is 9.43. The van der Waals surface area contributed by atoms with Gasteiger partial charge in [-0.25, -0.2) is 5.01 Å². The molecule has 0 amide bonds. The number of ether oxygens (including phenoxy) is 1. The highest BCUT2D eigenvalue weighted by Gasteiger charge is 2.41. The Hall–Kier alpha value is -2.56. The summed E-state index contributed by atoms with van der Waals surface area (Å²) in [6.07, 6.45) is 3.93. The van der Waals surface area contributed by atoms with Crippen LogP contribution >= 0.6 is 23.2 Å². The normalized spacial score (nSPS) is 20.5. The Balaban J connectivity index is 1.64. The summed E-state index contributed by atoms with van der Waals surface area (Å²) in [5.41, 5.74) is 3.99. The van der Waals surface area contributed by atoms with Crippen LogP contribution in [0.25, 0.3) is 0 Å². The number of rotatable bonds is 2. The van der Waals surface area contributed by atoms with Crippen molar-refractivity contribution >= 4 is 28.9 Å². The van der Waals surface area contributed by atoms with Gasteiger partial charge in [-0.15, -0.1) is 0 Å². The van der Waals surface area contributed by atoms with Gasteiger partial charge in [0, 0.05) is 45.6 Å². The molecule has 0 saturated heterocycles. The third-order valence-electron chi connectivity index (χ3n) is 4.94. The van der Waals surface area contributed by atoms with Crippen LogP contribution in [0.15, 0.2) is 72.1 Å². The van der Waals surface area contributed by atoms with E-state index in [-0.39, 0.29) is 6.04 Å². The lowest BCUT2D eigenvalue weighted by molar-refractivity contribution is -0.0189. The van der Waals surface area contributed by atoms with Gasteiger partial charge in [0.25, 0.3) is 0 Å². The predicted molar refractivity (Wildman–Crippen MR) is 106 cm³/mol. The quantitative estimate of drug-likeness (QED) is 0.563. The van der Waals surface area contributed by atoms with Gasteiger partial charge in [0.05, 0.1) is 11.8 Å². The molecule has 5 rings (SSSR count). The number of nitrogens with zero attached hydrogens (tertiary/aromatic N) is 3. The van der Waals surface area contributed by atoms with E-state index in [1.54, 1.807) is 12.4 Å². The van der Waals surface area contributed by atoms with Gasteiger partial charge in [0.15, 0.2) is 0 Å². The van der Waals surface area contributed by atoms with Crippen molar-refractivity contribution in [1.82, 2.24) is 9.99 Å². The van der Waals surface area contributed by atoms with Gasteiger partial charge in [0.1, 0.15) is 5.75 Å². The first kappa shape index (κ1) is 16.6. The molecule has 0 spiro atoms. The fraction of sp³-hybridized carbons (Fsp3) is 0.143. The Labute approximate surface area is 167 Å². The highest BCUT2D eigenvalue weighted by molar-refractivity contribution is 6.31. The fourth-order valence-electron chi connectivity index (χ4n) is 3.66. The first-order valence-electron chi connectivity index (χ1n) is 8.67. The summed E-state index contributed by atoms with van der Waals surface area (Å²) in [4.78, 5) is 4.10. The standard InChI is InChI=1S/C21H15Cl2N3O/c22-14-5-6-20-16(11-14)19-12-18(13-7-9-24-10-8-13)25-26(19)21(27-20)15-3-1-2-4-17(15)23/h1-11,19,21H,12H2. The maximum Gasteiger partial charge on any atom is 0.215 e. The molecule has 0 bridgehead atoms. The van der Waals surface area contributed by atoms with Crippen molar-refractivity contribution in [3.8, 4) is 5.75 Å². The van der Waals surface area contributed by atoms with E-state index in [4.69, 9.17) is 33.0 Å². The second-order valence-electron chi connectivity index (χ2n) is 6.56. The van der Waals surface area contributed by atoms with Crippen molar-refractivity contribution in [1.29, 1.82) is 0 Å². The van der Waals surface area contributed by atoms with Crippen molar-refractivity contribution < 1.29 is 4.74 Å². The van der Waals surface area contributed by atoms with Crippen molar-refractivity contribution in [2.75, 3.05) is 0 Å².